The van der Waals surface area contributed by atoms with Crippen LogP contribution in [-0.4, -0.2) is 16.4 Å². The van der Waals surface area contributed by atoms with Crippen LogP contribution in [0.25, 0.3) is 0 Å². The topological polar surface area (TPSA) is 29.1 Å². The van der Waals surface area contributed by atoms with Crippen molar-refractivity contribution in [2.75, 3.05) is 5.75 Å². The second-order valence-corrected chi connectivity index (χ2v) is 7.51. The lowest BCUT2D eigenvalue weighted by Crippen LogP contribution is -2.39. The summed E-state index contributed by atoms with van der Waals surface area (Å²) in [5, 5.41) is 5.05. The van der Waals surface area contributed by atoms with Crippen molar-refractivity contribution in [2.24, 2.45) is 0 Å². The molecule has 1 aromatic rings. The van der Waals surface area contributed by atoms with Crippen molar-refractivity contribution in [1.29, 1.82) is 0 Å². The summed E-state index contributed by atoms with van der Waals surface area (Å²) in [6.45, 7) is 2.68. The summed E-state index contributed by atoms with van der Waals surface area (Å²) in [6.07, 6.45) is 2.15. The molecule has 0 saturated carbocycles. The van der Waals surface area contributed by atoms with E-state index >= 15 is 0 Å². The minimum Gasteiger partial charge on any atom is -0.350 e. The molecule has 1 atom stereocenters. The molecule has 2 rings (SSSR count). The Hall–Kier alpha value is -0.000000000000000111. The van der Waals surface area contributed by atoms with Crippen LogP contribution in [0.1, 0.15) is 24.6 Å². The number of halogens is 1. The molecule has 88 valence electrons. The lowest BCUT2D eigenvalue weighted by Gasteiger charge is -2.21. The van der Waals surface area contributed by atoms with Crippen molar-refractivity contribution in [3.05, 3.63) is 20.8 Å². The highest BCUT2D eigenvalue weighted by Crippen LogP contribution is 2.37. The van der Waals surface area contributed by atoms with Gasteiger partial charge in [0, 0.05) is 9.35 Å². The van der Waals surface area contributed by atoms with Gasteiger partial charge in [0.1, 0.15) is 0 Å². The van der Waals surface area contributed by atoms with E-state index in [2.05, 4.69) is 21.2 Å². The first-order valence-electron chi connectivity index (χ1n) is 5.26. The molecule has 0 spiro atoms. The fourth-order valence-corrected chi connectivity index (χ4v) is 4.42. The van der Waals surface area contributed by atoms with Gasteiger partial charge in [-0.1, -0.05) is 0 Å². The summed E-state index contributed by atoms with van der Waals surface area (Å²) in [4.78, 5) is 13.2. The Morgan fingerprint density at radius 3 is 3.06 bits per heavy atom. The molecule has 1 aliphatic rings. The number of rotatable bonds is 3. The summed E-state index contributed by atoms with van der Waals surface area (Å²) >= 11 is 6.91. The van der Waals surface area contributed by atoms with Gasteiger partial charge < -0.3 is 5.32 Å². The van der Waals surface area contributed by atoms with Crippen LogP contribution in [0.3, 0.4) is 0 Å². The van der Waals surface area contributed by atoms with Gasteiger partial charge in [-0.05, 0) is 52.9 Å². The van der Waals surface area contributed by atoms with Crippen LogP contribution in [0.5, 0.6) is 0 Å². The highest BCUT2D eigenvalue weighted by atomic mass is 79.9. The van der Waals surface area contributed by atoms with E-state index in [0.717, 1.165) is 23.1 Å². The average Bonchev–Trinajstić information content (AvgIpc) is 2.85. The average molecular weight is 320 g/mol. The van der Waals surface area contributed by atoms with Crippen LogP contribution in [0.15, 0.2) is 15.9 Å². The zero-order valence-corrected chi connectivity index (χ0v) is 12.3. The number of hydrogen-bond acceptors (Lipinski definition) is 3. The first-order chi connectivity index (χ1) is 7.62. The molecule has 1 aliphatic heterocycles. The SMILES string of the molecule is CC1(C(=O)NCc2sccc2Br)CCCS1. The molecule has 0 radical (unpaired) electrons. The third-order valence-electron chi connectivity index (χ3n) is 2.80. The molecule has 0 aliphatic carbocycles. The highest BCUT2D eigenvalue weighted by Gasteiger charge is 2.36. The molecule has 2 nitrogen and oxygen atoms in total. The lowest BCUT2D eigenvalue weighted by molar-refractivity contribution is -0.123. The lowest BCUT2D eigenvalue weighted by atomic mass is 10.1. The Morgan fingerprint density at radius 2 is 2.50 bits per heavy atom. The number of carbonyl (C=O) groups excluding carboxylic acids is 1. The van der Waals surface area contributed by atoms with Crippen LogP contribution >= 0.6 is 39.0 Å². The van der Waals surface area contributed by atoms with Crippen molar-refractivity contribution in [3.8, 4) is 0 Å². The van der Waals surface area contributed by atoms with Crippen LogP contribution in [-0.2, 0) is 11.3 Å². The minimum absolute atomic E-state index is 0.176. The zero-order valence-electron chi connectivity index (χ0n) is 9.09. The monoisotopic (exact) mass is 319 g/mol. The van der Waals surface area contributed by atoms with Crippen LogP contribution < -0.4 is 5.32 Å². The summed E-state index contributed by atoms with van der Waals surface area (Å²) < 4.78 is 0.881. The van der Waals surface area contributed by atoms with E-state index in [1.165, 1.54) is 4.88 Å². The first-order valence-corrected chi connectivity index (χ1v) is 7.92. The number of thioether (sulfide) groups is 1. The van der Waals surface area contributed by atoms with Gasteiger partial charge in [0.25, 0.3) is 0 Å². The number of hydrogen-bond donors (Lipinski definition) is 1. The van der Waals surface area contributed by atoms with Crippen molar-refractivity contribution in [3.63, 3.8) is 0 Å². The number of nitrogens with one attached hydrogen (secondary N) is 1. The highest BCUT2D eigenvalue weighted by molar-refractivity contribution is 9.10. The Bertz CT molecular complexity index is 385. The van der Waals surface area contributed by atoms with Gasteiger partial charge in [0.15, 0.2) is 0 Å². The molecule has 16 heavy (non-hydrogen) atoms. The van der Waals surface area contributed by atoms with Crippen molar-refractivity contribution >= 4 is 44.9 Å². The molecule has 1 unspecified atom stereocenters. The molecule has 1 amide bonds. The van der Waals surface area contributed by atoms with Crippen LogP contribution in [0.4, 0.5) is 0 Å². The van der Waals surface area contributed by atoms with Gasteiger partial charge >= 0.3 is 0 Å². The molecule has 1 N–H and O–H groups in total. The maximum Gasteiger partial charge on any atom is 0.236 e. The standard InChI is InChI=1S/C11H14BrNOS2/c1-11(4-2-5-16-11)10(14)13-7-9-8(12)3-6-15-9/h3,6H,2,4-5,7H2,1H3,(H,13,14). The van der Waals surface area contributed by atoms with E-state index in [9.17, 15) is 4.79 Å². The van der Waals surface area contributed by atoms with Gasteiger partial charge in [-0.15, -0.1) is 23.1 Å². The summed E-state index contributed by atoms with van der Waals surface area (Å²) in [5.41, 5.74) is 0. The molecule has 1 fully saturated rings. The quantitative estimate of drug-likeness (QED) is 0.925. The third-order valence-corrected chi connectivity index (χ3v) is 6.25. The number of thiophene rings is 1. The largest absolute Gasteiger partial charge is 0.350 e. The normalized spacial score (nSPS) is 24.6. The van der Waals surface area contributed by atoms with Gasteiger partial charge in [-0.2, -0.15) is 0 Å². The molecular formula is C11H14BrNOS2. The van der Waals surface area contributed by atoms with Gasteiger partial charge in [-0.3, -0.25) is 4.79 Å². The predicted molar refractivity (Wildman–Crippen MR) is 74.0 cm³/mol. The number of amides is 1. The fraction of sp³-hybridized carbons (Fsp3) is 0.545. The van der Waals surface area contributed by atoms with Crippen molar-refractivity contribution in [2.45, 2.75) is 31.1 Å². The van der Waals surface area contributed by atoms with E-state index < -0.39 is 0 Å². The second kappa shape index (κ2) is 5.10. The molecule has 0 aromatic carbocycles. The van der Waals surface area contributed by atoms with Crippen molar-refractivity contribution in [1.82, 2.24) is 5.32 Å². The smallest absolute Gasteiger partial charge is 0.236 e. The molecule has 1 saturated heterocycles. The summed E-state index contributed by atoms with van der Waals surface area (Å²) in [6, 6.07) is 2.01. The second-order valence-electron chi connectivity index (χ2n) is 4.06. The maximum absolute atomic E-state index is 12.0. The van der Waals surface area contributed by atoms with Gasteiger partial charge in [-0.25, -0.2) is 0 Å². The van der Waals surface area contributed by atoms with E-state index in [4.69, 9.17) is 0 Å². The first kappa shape index (κ1) is 12.5. The van der Waals surface area contributed by atoms with E-state index in [-0.39, 0.29) is 10.7 Å². The van der Waals surface area contributed by atoms with Crippen LogP contribution in [0, 0.1) is 0 Å². The Morgan fingerprint density at radius 1 is 1.69 bits per heavy atom. The fourth-order valence-electron chi connectivity index (χ4n) is 1.76. The Balaban J connectivity index is 1.91. The maximum atomic E-state index is 12.0. The molecule has 2 heterocycles. The van der Waals surface area contributed by atoms with Crippen molar-refractivity contribution < 1.29 is 4.79 Å². The zero-order chi connectivity index (χ0) is 11.6. The summed E-state index contributed by atoms with van der Waals surface area (Å²) in [5.74, 6) is 1.28. The van der Waals surface area contributed by atoms with E-state index in [0.29, 0.717) is 6.54 Å². The van der Waals surface area contributed by atoms with Gasteiger partial charge in [0.05, 0.1) is 11.3 Å². The molecular weight excluding hydrogens is 306 g/mol. The van der Waals surface area contributed by atoms with E-state index in [1.54, 1.807) is 23.1 Å². The van der Waals surface area contributed by atoms with Crippen LogP contribution in [0.2, 0.25) is 0 Å². The summed E-state index contributed by atoms with van der Waals surface area (Å²) in [7, 11) is 0. The molecule has 5 heteroatoms. The minimum atomic E-state index is -0.205. The Kier molecular flexibility index (Phi) is 3.97. The number of carbonyl (C=O) groups is 1. The molecule has 0 bridgehead atoms. The Labute approximate surface area is 112 Å². The van der Waals surface area contributed by atoms with Gasteiger partial charge in [0.2, 0.25) is 5.91 Å². The molecule has 1 aromatic heterocycles. The predicted octanol–water partition coefficient (Wildman–Crippen LogP) is 3.41. The third kappa shape index (κ3) is 2.63. The van der Waals surface area contributed by atoms with E-state index in [1.807, 2.05) is 18.4 Å².